The number of nitrogens with zero attached hydrogens (tertiary/aromatic N) is 1. The molecule has 14 heteroatoms. The molecule has 0 saturated carbocycles. The van der Waals surface area contributed by atoms with E-state index < -0.39 is 60.0 Å². The monoisotopic (exact) mass is 639 g/mol. The van der Waals surface area contributed by atoms with Crippen molar-refractivity contribution in [3.63, 3.8) is 0 Å². The van der Waals surface area contributed by atoms with Crippen molar-refractivity contribution in [3.8, 4) is 0 Å². The summed E-state index contributed by atoms with van der Waals surface area (Å²) in [5.74, 6) is -3.72. The van der Waals surface area contributed by atoms with Crippen molar-refractivity contribution >= 4 is 35.7 Å². The third-order valence-corrected chi connectivity index (χ3v) is 6.79. The Bertz CT molecular complexity index is 1360. The molecule has 5 N–H and O–H groups in total. The predicted molar refractivity (Wildman–Crippen MR) is 164 cm³/mol. The zero-order valence-corrected chi connectivity index (χ0v) is 26.1. The molecule has 1 heterocycles. The second-order valence-electron chi connectivity index (χ2n) is 11.1. The number of hydrogen-bond acceptors (Lipinski definition) is 9. The molecule has 0 radical (unpaired) electrons. The molecule has 1 fully saturated rings. The van der Waals surface area contributed by atoms with Crippen molar-refractivity contribution in [2.45, 2.75) is 70.9 Å². The minimum atomic E-state index is -1.23. The van der Waals surface area contributed by atoms with E-state index in [2.05, 4.69) is 16.1 Å². The first-order valence-electron chi connectivity index (χ1n) is 15.0. The highest BCUT2D eigenvalue weighted by atomic mass is 16.6. The maximum atomic E-state index is 13.6. The molecule has 14 nitrogen and oxygen atoms in total. The van der Waals surface area contributed by atoms with Crippen LogP contribution >= 0.6 is 0 Å². The maximum Gasteiger partial charge on any atom is 0.408 e. The fourth-order valence-corrected chi connectivity index (χ4v) is 4.45. The van der Waals surface area contributed by atoms with Crippen molar-refractivity contribution in [2.75, 3.05) is 13.2 Å². The van der Waals surface area contributed by atoms with E-state index >= 15 is 0 Å². The first-order valence-corrected chi connectivity index (χ1v) is 15.0. The van der Waals surface area contributed by atoms with Crippen molar-refractivity contribution in [1.29, 1.82) is 0 Å². The molecule has 2 aromatic rings. The summed E-state index contributed by atoms with van der Waals surface area (Å²) >= 11 is 0. The van der Waals surface area contributed by atoms with Crippen molar-refractivity contribution in [3.05, 3.63) is 71.8 Å². The molecule has 0 aromatic heterocycles. The Morgan fingerprint density at radius 3 is 2.07 bits per heavy atom. The first kappa shape index (κ1) is 35.5. The average molecular weight is 640 g/mol. The fourth-order valence-electron chi connectivity index (χ4n) is 4.45. The number of epoxide rings is 1. The molecule has 2 aromatic carbocycles. The third kappa shape index (κ3) is 11.5. The first-order chi connectivity index (χ1) is 22.0. The molecular formula is C32H41N5O9. The number of carbonyl (C=O) groups is 6. The molecule has 4 atom stereocenters. The van der Waals surface area contributed by atoms with Crippen LogP contribution in [0.3, 0.4) is 0 Å². The lowest BCUT2D eigenvalue weighted by atomic mass is 10.0. The number of esters is 1. The number of rotatable bonds is 16. The number of nitrogens with one attached hydrogen (secondary N) is 3. The van der Waals surface area contributed by atoms with Gasteiger partial charge in [0, 0.05) is 12.8 Å². The zero-order valence-electron chi connectivity index (χ0n) is 26.1. The number of alkyl carbamates (subject to hydrolysis) is 1. The third-order valence-electron chi connectivity index (χ3n) is 6.79. The summed E-state index contributed by atoms with van der Waals surface area (Å²) in [7, 11) is 0. The Morgan fingerprint density at radius 1 is 0.848 bits per heavy atom. The van der Waals surface area contributed by atoms with Gasteiger partial charge in [-0.3, -0.25) is 29.6 Å². The van der Waals surface area contributed by atoms with E-state index in [0.29, 0.717) is 5.56 Å². The number of benzene rings is 2. The zero-order chi connectivity index (χ0) is 33.6. The van der Waals surface area contributed by atoms with E-state index in [4.69, 9.17) is 19.9 Å². The van der Waals surface area contributed by atoms with Gasteiger partial charge >= 0.3 is 12.1 Å². The van der Waals surface area contributed by atoms with Crippen LogP contribution in [-0.4, -0.2) is 78.1 Å². The van der Waals surface area contributed by atoms with Gasteiger partial charge in [-0.25, -0.2) is 9.59 Å². The van der Waals surface area contributed by atoms with E-state index in [1.165, 1.54) is 0 Å². The molecule has 1 saturated heterocycles. The Balaban J connectivity index is 1.76. The van der Waals surface area contributed by atoms with Crippen molar-refractivity contribution in [1.82, 2.24) is 21.1 Å². The van der Waals surface area contributed by atoms with Crippen LogP contribution in [-0.2, 0) is 51.2 Å². The number of hydrogen-bond donors (Lipinski definition) is 4. The van der Waals surface area contributed by atoms with Gasteiger partial charge in [0.05, 0.1) is 13.2 Å². The van der Waals surface area contributed by atoms with E-state index in [1.807, 2.05) is 32.0 Å². The van der Waals surface area contributed by atoms with Gasteiger partial charge in [-0.15, -0.1) is 0 Å². The van der Waals surface area contributed by atoms with Crippen LogP contribution in [0.15, 0.2) is 60.7 Å². The van der Waals surface area contributed by atoms with Crippen LogP contribution in [0.1, 0.15) is 44.7 Å². The summed E-state index contributed by atoms with van der Waals surface area (Å²) in [6.07, 6.45) is -3.22. The summed E-state index contributed by atoms with van der Waals surface area (Å²) in [4.78, 5) is 76.6. The van der Waals surface area contributed by atoms with Crippen LogP contribution in [0.2, 0.25) is 0 Å². The fraction of sp³-hybridized carbons (Fsp3) is 0.438. The Morgan fingerprint density at radius 2 is 1.48 bits per heavy atom. The summed E-state index contributed by atoms with van der Waals surface area (Å²) in [5.41, 5.74) is 9.19. The molecule has 1 aliphatic heterocycles. The topological polar surface area (TPSA) is 199 Å². The normalized spacial score (nSPS) is 16.3. The largest absolute Gasteiger partial charge is 0.464 e. The Hall–Kier alpha value is -4.98. The second-order valence-corrected chi connectivity index (χ2v) is 11.1. The molecular weight excluding hydrogens is 598 g/mol. The molecule has 5 amide bonds. The minimum Gasteiger partial charge on any atom is -0.464 e. The lowest BCUT2D eigenvalue weighted by molar-refractivity contribution is -0.146. The maximum absolute atomic E-state index is 13.6. The second kappa shape index (κ2) is 17.5. The SMILES string of the molecule is CCOC(=O)C1OC1C(=O)N(CCC(N)=O)NC(=O)[C@H](Cc1ccccc1)NC(=O)[C@H](CC(C)C)NC(=O)OCc1ccccc1. The average Bonchev–Trinajstić information content (AvgIpc) is 3.83. The van der Waals surface area contributed by atoms with Crippen LogP contribution in [0.4, 0.5) is 4.79 Å². The highest BCUT2D eigenvalue weighted by molar-refractivity contribution is 5.95. The van der Waals surface area contributed by atoms with E-state index in [0.717, 1.165) is 10.6 Å². The van der Waals surface area contributed by atoms with Gasteiger partial charge in [-0.05, 0) is 30.4 Å². The smallest absolute Gasteiger partial charge is 0.408 e. The predicted octanol–water partition coefficient (Wildman–Crippen LogP) is 1.12. The quantitative estimate of drug-likeness (QED) is 0.118. The Labute approximate surface area is 267 Å². The molecule has 3 rings (SSSR count). The lowest BCUT2D eigenvalue weighted by Crippen LogP contribution is -2.58. The van der Waals surface area contributed by atoms with Gasteiger partial charge in [0.15, 0.2) is 12.2 Å². The molecule has 2 unspecified atom stereocenters. The van der Waals surface area contributed by atoms with Crippen molar-refractivity contribution < 1.29 is 43.0 Å². The van der Waals surface area contributed by atoms with Gasteiger partial charge in [-0.2, -0.15) is 0 Å². The number of nitrogens with two attached hydrogens (primary N) is 1. The number of ether oxygens (including phenoxy) is 3. The minimum absolute atomic E-state index is 0.00136. The van der Waals surface area contributed by atoms with E-state index in [1.54, 1.807) is 49.4 Å². The lowest BCUT2D eigenvalue weighted by Gasteiger charge is -2.27. The number of amides is 5. The van der Waals surface area contributed by atoms with Gasteiger partial charge in [0.25, 0.3) is 11.8 Å². The van der Waals surface area contributed by atoms with Crippen LogP contribution < -0.4 is 21.8 Å². The molecule has 46 heavy (non-hydrogen) atoms. The van der Waals surface area contributed by atoms with E-state index in [9.17, 15) is 28.8 Å². The van der Waals surface area contributed by atoms with Crippen LogP contribution in [0.5, 0.6) is 0 Å². The number of primary amides is 1. The summed E-state index contributed by atoms with van der Waals surface area (Å²) in [6, 6.07) is 15.6. The van der Waals surface area contributed by atoms with Crippen LogP contribution in [0.25, 0.3) is 0 Å². The van der Waals surface area contributed by atoms with Gasteiger partial charge in [0.1, 0.15) is 18.7 Å². The van der Waals surface area contributed by atoms with Gasteiger partial charge < -0.3 is 30.6 Å². The van der Waals surface area contributed by atoms with Gasteiger partial charge in [-0.1, -0.05) is 74.5 Å². The highest BCUT2D eigenvalue weighted by Crippen LogP contribution is 2.25. The van der Waals surface area contributed by atoms with Gasteiger partial charge in [0.2, 0.25) is 11.8 Å². The molecule has 248 valence electrons. The van der Waals surface area contributed by atoms with Crippen LogP contribution in [0, 0.1) is 5.92 Å². The molecule has 0 bridgehead atoms. The summed E-state index contributed by atoms with van der Waals surface area (Å²) in [6.45, 7) is 5.12. The molecule has 1 aliphatic rings. The van der Waals surface area contributed by atoms with E-state index in [-0.39, 0.29) is 44.9 Å². The highest BCUT2D eigenvalue weighted by Gasteiger charge is 2.53. The summed E-state index contributed by atoms with van der Waals surface area (Å²) in [5, 5.41) is 6.12. The molecule has 0 spiro atoms. The number of hydrazine groups is 1. The number of carbonyl (C=O) groups excluding carboxylic acids is 6. The standard InChI is InChI=1S/C32H41N5O9/c1-4-44-31(42)27-26(46-27)30(41)37(16-15-25(33)38)36-29(40)24(18-21-11-7-5-8-12-21)34-28(39)23(17-20(2)3)35-32(43)45-19-22-13-9-6-10-14-22/h5-14,20,23-24,26-27H,4,15-19H2,1-3H3,(H2,33,38)(H,34,39)(H,35,43)(H,36,40)/t23-,24-,26?,27?/m0/s1. The summed E-state index contributed by atoms with van der Waals surface area (Å²) < 4.78 is 15.4. The molecule has 0 aliphatic carbocycles. The van der Waals surface area contributed by atoms with Crippen molar-refractivity contribution in [2.24, 2.45) is 11.7 Å². The Kier molecular flexibility index (Phi) is 13.5.